The predicted molar refractivity (Wildman–Crippen MR) is 176 cm³/mol. The second-order valence-electron chi connectivity index (χ2n) is 12.3. The van der Waals surface area contributed by atoms with Gasteiger partial charge in [0.2, 0.25) is 5.91 Å². The second-order valence-corrected chi connectivity index (χ2v) is 12.7. The molecule has 3 aliphatic rings. The number of hydrogen-bond acceptors (Lipinski definition) is 8. The first-order valence-electron chi connectivity index (χ1n) is 15.7. The summed E-state index contributed by atoms with van der Waals surface area (Å²) in [5.74, 6) is 0.959. The van der Waals surface area contributed by atoms with Crippen LogP contribution in [0.15, 0.2) is 48.6 Å². The number of carbonyl (C=O) groups is 1. The summed E-state index contributed by atoms with van der Waals surface area (Å²) in [4.78, 5) is 31.9. The highest BCUT2D eigenvalue weighted by molar-refractivity contribution is 6.36. The molecule has 1 amide bonds. The molecule has 0 radical (unpaired) electrons. The third kappa shape index (κ3) is 5.97. The number of carbonyl (C=O) groups excluding carboxylic acids is 1. The van der Waals surface area contributed by atoms with E-state index >= 15 is 0 Å². The fraction of sp³-hybridized carbons (Fsp3) is 0.500. The number of anilines is 2. The average molecular weight is 619 g/mol. The minimum atomic E-state index is 0.0321. The average Bonchev–Trinajstić information content (AvgIpc) is 3.41. The van der Waals surface area contributed by atoms with E-state index in [-0.39, 0.29) is 24.1 Å². The quantitative estimate of drug-likeness (QED) is 0.329. The van der Waals surface area contributed by atoms with Crippen LogP contribution in [0.1, 0.15) is 37.9 Å². The Morgan fingerprint density at radius 2 is 1.86 bits per heavy atom. The van der Waals surface area contributed by atoms with Crippen LogP contribution in [0.2, 0.25) is 5.02 Å². The Morgan fingerprint density at radius 1 is 1.07 bits per heavy atom. The Labute approximate surface area is 265 Å². The summed E-state index contributed by atoms with van der Waals surface area (Å²) in [5.41, 5.74) is 3.82. The minimum absolute atomic E-state index is 0.0321. The number of rotatable bonds is 8. The van der Waals surface area contributed by atoms with Crippen molar-refractivity contribution in [2.45, 2.75) is 57.8 Å². The highest BCUT2D eigenvalue weighted by atomic mass is 35.5. The number of amides is 1. The smallest absolute Gasteiger partial charge is 0.318 e. The lowest BCUT2D eigenvalue weighted by Gasteiger charge is -2.43. The van der Waals surface area contributed by atoms with Gasteiger partial charge in [0.05, 0.1) is 23.4 Å². The lowest BCUT2D eigenvalue weighted by Crippen LogP contribution is -2.55. The Kier molecular flexibility index (Phi) is 8.98. The van der Waals surface area contributed by atoms with Gasteiger partial charge in [-0.2, -0.15) is 9.97 Å². The van der Waals surface area contributed by atoms with Crippen LogP contribution >= 0.6 is 11.6 Å². The molecule has 2 saturated heterocycles. The van der Waals surface area contributed by atoms with Crippen molar-refractivity contribution in [2.24, 2.45) is 0 Å². The Bertz CT molecular complexity index is 1540. The van der Waals surface area contributed by atoms with E-state index in [1.54, 1.807) is 14.0 Å². The summed E-state index contributed by atoms with van der Waals surface area (Å²) in [6.45, 7) is 12.7. The molecule has 44 heavy (non-hydrogen) atoms. The van der Waals surface area contributed by atoms with Crippen LogP contribution in [-0.4, -0.2) is 97.4 Å². The molecule has 3 aliphatic heterocycles. The third-order valence-corrected chi connectivity index (χ3v) is 9.78. The zero-order valence-corrected chi connectivity index (χ0v) is 27.0. The standard InChI is InChI=1S/C34H43ClN6O3/c1-6-24-18-40(15-16-41(24)33(42)22(2)3)32-27-13-14-39(30-12-8-10-23-9-7-11-28(35)31(23)30)20-29(27)36-34(37-32)44-21-25-17-26(43-5)19-38(25)4/h7-12,24-26H,2,6,13-21H2,1,3-5H3/t24-,25+,26+/m0/s1. The molecule has 0 saturated carbocycles. The topological polar surface area (TPSA) is 74.3 Å². The number of ether oxygens (including phenoxy) is 2. The fourth-order valence-corrected chi connectivity index (χ4v) is 7.21. The number of methoxy groups -OCH3 is 1. The predicted octanol–water partition coefficient (Wildman–Crippen LogP) is 4.95. The molecule has 1 aromatic heterocycles. The maximum atomic E-state index is 12.9. The number of halogens is 1. The number of likely N-dealkylation sites (N-methyl/N-ethyl adjacent to an activating group) is 1. The highest BCUT2D eigenvalue weighted by Gasteiger charge is 2.34. The molecule has 2 aromatic carbocycles. The van der Waals surface area contributed by atoms with Crippen molar-refractivity contribution in [1.29, 1.82) is 0 Å². The molecule has 0 bridgehead atoms. The van der Waals surface area contributed by atoms with Crippen LogP contribution in [0.5, 0.6) is 6.01 Å². The number of aromatic nitrogens is 2. The SMILES string of the molecule is C=C(C)C(=O)N1CCN(c2nc(OC[C@H]3C[C@@H](OC)CN3C)nc3c2CCN(c2cccc4cccc(Cl)c24)C3)C[C@@H]1CC. The summed E-state index contributed by atoms with van der Waals surface area (Å²) < 4.78 is 12.0. The van der Waals surface area contributed by atoms with Gasteiger partial charge < -0.3 is 24.2 Å². The molecule has 3 atom stereocenters. The highest BCUT2D eigenvalue weighted by Crippen LogP contribution is 2.37. The van der Waals surface area contributed by atoms with Crippen molar-refractivity contribution in [3.05, 3.63) is 64.8 Å². The molecule has 2 fully saturated rings. The van der Waals surface area contributed by atoms with Crippen molar-refractivity contribution in [1.82, 2.24) is 19.8 Å². The van der Waals surface area contributed by atoms with Gasteiger partial charge in [0.25, 0.3) is 0 Å². The summed E-state index contributed by atoms with van der Waals surface area (Å²) >= 11 is 6.73. The van der Waals surface area contributed by atoms with E-state index in [0.29, 0.717) is 44.4 Å². The van der Waals surface area contributed by atoms with Gasteiger partial charge in [-0.1, -0.05) is 49.4 Å². The molecule has 0 spiro atoms. The molecular formula is C34H43ClN6O3. The van der Waals surface area contributed by atoms with Gasteiger partial charge in [-0.3, -0.25) is 9.69 Å². The molecular weight excluding hydrogens is 576 g/mol. The second kappa shape index (κ2) is 12.9. The number of fused-ring (bicyclic) bond motifs is 2. The molecule has 10 heteroatoms. The van der Waals surface area contributed by atoms with E-state index in [0.717, 1.165) is 70.9 Å². The van der Waals surface area contributed by atoms with Crippen molar-refractivity contribution in [3.63, 3.8) is 0 Å². The Morgan fingerprint density at radius 3 is 2.59 bits per heavy atom. The van der Waals surface area contributed by atoms with E-state index in [2.05, 4.69) is 59.5 Å². The van der Waals surface area contributed by atoms with E-state index in [9.17, 15) is 4.79 Å². The van der Waals surface area contributed by atoms with Gasteiger partial charge >= 0.3 is 6.01 Å². The van der Waals surface area contributed by atoms with Gasteiger partial charge in [-0.15, -0.1) is 0 Å². The largest absolute Gasteiger partial charge is 0.462 e. The van der Waals surface area contributed by atoms with Crippen LogP contribution in [0.3, 0.4) is 0 Å². The maximum absolute atomic E-state index is 12.9. The van der Waals surface area contributed by atoms with Crippen molar-refractivity contribution in [3.8, 4) is 6.01 Å². The number of piperazine rings is 1. The lowest BCUT2D eigenvalue weighted by atomic mass is 10.0. The third-order valence-electron chi connectivity index (χ3n) is 9.46. The first-order valence-corrected chi connectivity index (χ1v) is 16.0. The zero-order chi connectivity index (χ0) is 31.0. The summed E-state index contributed by atoms with van der Waals surface area (Å²) in [6.07, 6.45) is 2.78. The molecule has 4 heterocycles. The molecule has 234 valence electrons. The number of likely N-dealkylation sites (tertiary alicyclic amines) is 1. The summed E-state index contributed by atoms with van der Waals surface area (Å²) in [6, 6.07) is 13.1. The first-order chi connectivity index (χ1) is 21.3. The summed E-state index contributed by atoms with van der Waals surface area (Å²) in [7, 11) is 3.87. The number of nitrogens with zero attached hydrogens (tertiary/aromatic N) is 6. The minimum Gasteiger partial charge on any atom is -0.462 e. The van der Waals surface area contributed by atoms with Gasteiger partial charge in [0, 0.05) is 74.1 Å². The molecule has 3 aromatic rings. The van der Waals surface area contributed by atoms with E-state index < -0.39 is 0 Å². The molecule has 0 aliphatic carbocycles. The van der Waals surface area contributed by atoms with Crippen LogP contribution < -0.4 is 14.5 Å². The van der Waals surface area contributed by atoms with Gasteiger partial charge in [-0.05, 0) is 50.8 Å². The maximum Gasteiger partial charge on any atom is 0.318 e. The van der Waals surface area contributed by atoms with Crippen LogP contribution in [-0.2, 0) is 22.5 Å². The van der Waals surface area contributed by atoms with E-state index in [4.69, 9.17) is 31.0 Å². The van der Waals surface area contributed by atoms with Gasteiger partial charge in [0.1, 0.15) is 12.4 Å². The molecule has 0 N–H and O–H groups in total. The van der Waals surface area contributed by atoms with Crippen molar-refractivity contribution >= 4 is 39.8 Å². The summed E-state index contributed by atoms with van der Waals surface area (Å²) in [5, 5.41) is 2.93. The normalized spacial score (nSPS) is 22.4. The van der Waals surface area contributed by atoms with E-state index in [1.807, 2.05) is 17.0 Å². The van der Waals surface area contributed by atoms with Crippen LogP contribution in [0.4, 0.5) is 11.5 Å². The van der Waals surface area contributed by atoms with Crippen LogP contribution in [0.25, 0.3) is 10.8 Å². The van der Waals surface area contributed by atoms with E-state index in [1.165, 1.54) is 0 Å². The van der Waals surface area contributed by atoms with Gasteiger partial charge in [-0.25, -0.2) is 0 Å². The lowest BCUT2D eigenvalue weighted by molar-refractivity contribution is -0.129. The van der Waals surface area contributed by atoms with Gasteiger partial charge in [0.15, 0.2) is 0 Å². The van der Waals surface area contributed by atoms with Crippen molar-refractivity contribution < 1.29 is 14.3 Å². The Balaban J connectivity index is 1.32. The monoisotopic (exact) mass is 618 g/mol. The Hall–Kier alpha value is -3.40. The number of hydrogen-bond donors (Lipinski definition) is 0. The first kappa shape index (κ1) is 30.6. The van der Waals surface area contributed by atoms with Crippen molar-refractivity contribution in [2.75, 3.05) is 63.3 Å². The molecule has 0 unspecified atom stereocenters. The van der Waals surface area contributed by atoms with Crippen LogP contribution in [0, 0.1) is 0 Å². The molecule has 6 rings (SSSR count). The molecule has 9 nitrogen and oxygen atoms in total. The zero-order valence-electron chi connectivity index (χ0n) is 26.3. The number of benzene rings is 2. The fourth-order valence-electron chi connectivity index (χ4n) is 6.93.